The van der Waals surface area contributed by atoms with E-state index in [1.807, 2.05) is 25.2 Å². The van der Waals surface area contributed by atoms with Crippen LogP contribution in [0.5, 0.6) is 0 Å². The Balaban J connectivity index is 2.16. The molecule has 1 saturated heterocycles. The maximum atomic E-state index is 11.8. The van der Waals surface area contributed by atoms with Crippen molar-refractivity contribution >= 4 is 5.91 Å². The Morgan fingerprint density at radius 1 is 1.50 bits per heavy atom. The molecule has 16 heavy (non-hydrogen) atoms. The van der Waals surface area contributed by atoms with Crippen molar-refractivity contribution in [3.05, 3.63) is 35.4 Å². The summed E-state index contributed by atoms with van der Waals surface area (Å²) in [5, 5.41) is 8.96. The fourth-order valence-corrected chi connectivity index (χ4v) is 2.16. The minimum atomic E-state index is 0.0551. The van der Waals surface area contributed by atoms with Gasteiger partial charge in [0.05, 0.1) is 11.6 Å². The second-order valence-corrected chi connectivity index (χ2v) is 4.22. The predicted octanol–water partition coefficient (Wildman–Crippen LogP) is 1.58. The first kappa shape index (κ1) is 10.7. The number of likely N-dealkylation sites (tertiary alicyclic amines) is 1. The van der Waals surface area contributed by atoms with Gasteiger partial charge in [0, 0.05) is 19.5 Å². The van der Waals surface area contributed by atoms with Crippen LogP contribution in [0.4, 0.5) is 0 Å². The fraction of sp³-hybridized carbons (Fsp3) is 0.385. The number of rotatable bonds is 2. The SMILES string of the molecule is CN1CCC(Cc2ccccc2C#N)C1=O. The molecule has 1 aromatic rings. The predicted molar refractivity (Wildman–Crippen MR) is 60.6 cm³/mol. The Labute approximate surface area is 95.3 Å². The summed E-state index contributed by atoms with van der Waals surface area (Å²) in [6, 6.07) is 9.68. The molecule has 1 heterocycles. The second-order valence-electron chi connectivity index (χ2n) is 4.22. The van der Waals surface area contributed by atoms with E-state index in [1.165, 1.54) is 0 Å². The van der Waals surface area contributed by atoms with Gasteiger partial charge in [-0.2, -0.15) is 5.26 Å². The molecular formula is C13H14N2O. The number of amides is 1. The summed E-state index contributed by atoms with van der Waals surface area (Å²) in [6.45, 7) is 0.832. The van der Waals surface area contributed by atoms with Crippen molar-refractivity contribution in [2.75, 3.05) is 13.6 Å². The van der Waals surface area contributed by atoms with Gasteiger partial charge < -0.3 is 4.90 Å². The summed E-state index contributed by atoms with van der Waals surface area (Å²) >= 11 is 0. The quantitative estimate of drug-likeness (QED) is 0.750. The lowest BCUT2D eigenvalue weighted by molar-refractivity contribution is -0.129. The maximum Gasteiger partial charge on any atom is 0.225 e. The Kier molecular flexibility index (Phi) is 2.91. The monoisotopic (exact) mass is 214 g/mol. The minimum Gasteiger partial charge on any atom is -0.345 e. The summed E-state index contributed by atoms with van der Waals surface area (Å²) in [6.07, 6.45) is 1.59. The number of hydrogen-bond acceptors (Lipinski definition) is 2. The maximum absolute atomic E-state index is 11.8. The van der Waals surface area contributed by atoms with Gasteiger partial charge in [0.15, 0.2) is 0 Å². The molecule has 1 atom stereocenters. The number of carbonyl (C=O) groups excluding carboxylic acids is 1. The van der Waals surface area contributed by atoms with Gasteiger partial charge in [0.25, 0.3) is 0 Å². The van der Waals surface area contributed by atoms with Crippen LogP contribution in [-0.4, -0.2) is 24.4 Å². The molecule has 2 rings (SSSR count). The molecule has 0 bridgehead atoms. The molecule has 1 aliphatic heterocycles. The average molecular weight is 214 g/mol. The zero-order valence-electron chi connectivity index (χ0n) is 9.31. The van der Waals surface area contributed by atoms with Crippen LogP contribution >= 0.6 is 0 Å². The fourth-order valence-electron chi connectivity index (χ4n) is 2.16. The van der Waals surface area contributed by atoms with Crippen LogP contribution in [-0.2, 0) is 11.2 Å². The number of nitrogens with zero attached hydrogens (tertiary/aromatic N) is 2. The zero-order chi connectivity index (χ0) is 11.5. The van der Waals surface area contributed by atoms with E-state index in [0.29, 0.717) is 12.0 Å². The summed E-state index contributed by atoms with van der Waals surface area (Å²) in [7, 11) is 1.83. The highest BCUT2D eigenvalue weighted by Gasteiger charge is 2.29. The first-order valence-electron chi connectivity index (χ1n) is 5.45. The van der Waals surface area contributed by atoms with E-state index in [9.17, 15) is 4.79 Å². The molecule has 0 radical (unpaired) electrons. The van der Waals surface area contributed by atoms with Crippen molar-refractivity contribution in [1.82, 2.24) is 4.90 Å². The molecule has 0 aromatic heterocycles. The van der Waals surface area contributed by atoms with E-state index in [2.05, 4.69) is 6.07 Å². The van der Waals surface area contributed by atoms with Crippen molar-refractivity contribution < 1.29 is 4.79 Å². The van der Waals surface area contributed by atoms with E-state index >= 15 is 0 Å². The van der Waals surface area contributed by atoms with Crippen molar-refractivity contribution in [2.45, 2.75) is 12.8 Å². The molecule has 3 heteroatoms. The first-order chi connectivity index (χ1) is 7.72. The van der Waals surface area contributed by atoms with Crippen molar-refractivity contribution in [1.29, 1.82) is 5.26 Å². The lowest BCUT2D eigenvalue weighted by Crippen LogP contribution is -2.23. The van der Waals surface area contributed by atoms with Gasteiger partial charge in [0.2, 0.25) is 5.91 Å². The standard InChI is InChI=1S/C13H14N2O/c1-15-7-6-11(13(15)16)8-10-4-2-3-5-12(10)9-14/h2-5,11H,6-8H2,1H3. The Hall–Kier alpha value is -1.82. The van der Waals surface area contributed by atoms with Gasteiger partial charge in [-0.05, 0) is 24.5 Å². The highest BCUT2D eigenvalue weighted by atomic mass is 16.2. The third-order valence-corrected chi connectivity index (χ3v) is 3.14. The van der Waals surface area contributed by atoms with Gasteiger partial charge >= 0.3 is 0 Å². The Morgan fingerprint density at radius 3 is 2.88 bits per heavy atom. The number of hydrogen-bond donors (Lipinski definition) is 0. The largest absolute Gasteiger partial charge is 0.345 e. The van der Waals surface area contributed by atoms with Crippen LogP contribution in [0.3, 0.4) is 0 Å². The van der Waals surface area contributed by atoms with Crippen LogP contribution < -0.4 is 0 Å². The van der Waals surface area contributed by atoms with E-state index in [0.717, 1.165) is 18.5 Å². The van der Waals surface area contributed by atoms with Crippen molar-refractivity contribution in [3.8, 4) is 6.07 Å². The molecule has 0 saturated carbocycles. The van der Waals surface area contributed by atoms with Crippen LogP contribution in [0.2, 0.25) is 0 Å². The third kappa shape index (κ3) is 1.92. The van der Waals surface area contributed by atoms with Crippen molar-refractivity contribution in [3.63, 3.8) is 0 Å². The van der Waals surface area contributed by atoms with E-state index < -0.39 is 0 Å². The first-order valence-corrected chi connectivity index (χ1v) is 5.45. The molecule has 0 spiro atoms. The second kappa shape index (κ2) is 4.36. The number of nitriles is 1. The summed E-state index contributed by atoms with van der Waals surface area (Å²) < 4.78 is 0. The Morgan fingerprint density at radius 2 is 2.25 bits per heavy atom. The molecule has 3 nitrogen and oxygen atoms in total. The lowest BCUT2D eigenvalue weighted by Gasteiger charge is -2.10. The lowest BCUT2D eigenvalue weighted by atomic mass is 9.95. The third-order valence-electron chi connectivity index (χ3n) is 3.14. The van der Waals surface area contributed by atoms with Gasteiger partial charge in [-0.25, -0.2) is 0 Å². The number of benzene rings is 1. The molecule has 0 aliphatic carbocycles. The molecule has 1 aliphatic rings. The average Bonchev–Trinajstić information content (AvgIpc) is 2.62. The topological polar surface area (TPSA) is 44.1 Å². The number of carbonyl (C=O) groups is 1. The smallest absolute Gasteiger partial charge is 0.225 e. The van der Waals surface area contributed by atoms with Gasteiger partial charge in [-0.15, -0.1) is 0 Å². The van der Waals surface area contributed by atoms with E-state index in [4.69, 9.17) is 5.26 Å². The zero-order valence-corrected chi connectivity index (χ0v) is 9.31. The molecule has 1 aromatic carbocycles. The van der Waals surface area contributed by atoms with E-state index in [-0.39, 0.29) is 11.8 Å². The van der Waals surface area contributed by atoms with Crippen LogP contribution in [0.15, 0.2) is 24.3 Å². The van der Waals surface area contributed by atoms with Crippen LogP contribution in [0.1, 0.15) is 17.5 Å². The van der Waals surface area contributed by atoms with E-state index in [1.54, 1.807) is 11.0 Å². The van der Waals surface area contributed by atoms with Gasteiger partial charge in [-0.3, -0.25) is 4.79 Å². The molecule has 1 fully saturated rings. The molecular weight excluding hydrogens is 200 g/mol. The van der Waals surface area contributed by atoms with Crippen LogP contribution in [0.25, 0.3) is 0 Å². The molecule has 0 N–H and O–H groups in total. The normalized spacial score (nSPS) is 19.9. The highest BCUT2D eigenvalue weighted by molar-refractivity contribution is 5.80. The Bertz CT molecular complexity index is 447. The summed E-state index contributed by atoms with van der Waals surface area (Å²) in [5.74, 6) is 0.257. The van der Waals surface area contributed by atoms with Crippen molar-refractivity contribution in [2.24, 2.45) is 5.92 Å². The van der Waals surface area contributed by atoms with Crippen LogP contribution in [0, 0.1) is 17.2 Å². The summed E-state index contributed by atoms with van der Waals surface area (Å²) in [5.41, 5.74) is 1.67. The minimum absolute atomic E-state index is 0.0551. The summed E-state index contributed by atoms with van der Waals surface area (Å²) in [4.78, 5) is 13.5. The van der Waals surface area contributed by atoms with Gasteiger partial charge in [-0.1, -0.05) is 18.2 Å². The molecule has 1 amide bonds. The highest BCUT2D eigenvalue weighted by Crippen LogP contribution is 2.22. The molecule has 1 unspecified atom stereocenters. The molecule has 82 valence electrons. The van der Waals surface area contributed by atoms with Gasteiger partial charge in [0.1, 0.15) is 0 Å².